The summed E-state index contributed by atoms with van der Waals surface area (Å²) in [6.07, 6.45) is -6.29. The van der Waals surface area contributed by atoms with Crippen molar-refractivity contribution >= 4 is 0 Å². The highest BCUT2D eigenvalue weighted by atomic mass is 19.4. The highest BCUT2D eigenvalue weighted by Crippen LogP contribution is 2.62. The molecule has 194 valence electrons. The largest absolute Gasteiger partial charge is 0.429 e. The molecule has 2 aliphatic rings. The maximum atomic E-state index is 13.1. The zero-order chi connectivity index (χ0) is 25.5. The zero-order valence-electron chi connectivity index (χ0n) is 19.9. The van der Waals surface area contributed by atoms with Crippen LogP contribution in [0.25, 0.3) is 0 Å². The minimum atomic E-state index is -5.89. The Kier molecular flexibility index (Phi) is 8.05. The number of hydrogen-bond acceptors (Lipinski definition) is 3. The molecule has 0 aliphatic heterocycles. The van der Waals surface area contributed by atoms with Crippen molar-refractivity contribution in [3.8, 4) is 0 Å². The van der Waals surface area contributed by atoms with E-state index in [1.165, 1.54) is 0 Å². The molecule has 0 amide bonds. The Hall–Kier alpha value is -0.800. The SMILES string of the molecule is CC(C)(O)CCC[C@](C)(C/C=C/C(O)(C(F)(F)F)C(F)(F)F)[C@H]1CCC2[C@@H](O)CCC[C@@]21C. The van der Waals surface area contributed by atoms with Gasteiger partial charge in [0.1, 0.15) is 0 Å². The number of aliphatic hydroxyl groups is 3. The highest BCUT2D eigenvalue weighted by Gasteiger charge is 2.69. The van der Waals surface area contributed by atoms with E-state index in [1.807, 2.05) is 6.92 Å². The van der Waals surface area contributed by atoms with Gasteiger partial charge in [-0.15, -0.1) is 0 Å². The molecule has 2 aliphatic carbocycles. The molecule has 3 nitrogen and oxygen atoms in total. The van der Waals surface area contributed by atoms with Crippen LogP contribution in [0, 0.1) is 22.7 Å². The summed E-state index contributed by atoms with van der Waals surface area (Å²) >= 11 is 0. The molecule has 0 aromatic heterocycles. The first-order valence-electron chi connectivity index (χ1n) is 11.7. The molecular formula is C24H38F6O3. The standard InChI is InChI=1S/C24H38F6O3/c1-19(2,32)11-6-12-20(3,13-7-15-22(33,23(25,26)27)24(28,29)30)18-10-9-16-17(31)8-5-14-21(16,18)4/h7,15-18,31-33H,5-6,8-14H2,1-4H3/b15-7+/t16?,17-,18+,20+,21-/m0/s1. The first-order valence-corrected chi connectivity index (χ1v) is 11.7. The lowest BCUT2D eigenvalue weighted by atomic mass is 9.56. The number of aliphatic hydroxyl groups excluding tert-OH is 1. The van der Waals surface area contributed by atoms with Crippen LogP contribution in [0.5, 0.6) is 0 Å². The lowest BCUT2D eigenvalue weighted by molar-refractivity contribution is -0.347. The van der Waals surface area contributed by atoms with E-state index in [1.54, 1.807) is 13.8 Å². The van der Waals surface area contributed by atoms with Crippen LogP contribution in [0.3, 0.4) is 0 Å². The van der Waals surface area contributed by atoms with Crippen molar-refractivity contribution in [3.63, 3.8) is 0 Å². The first kappa shape index (κ1) is 28.4. The van der Waals surface area contributed by atoms with Crippen LogP contribution in [0.2, 0.25) is 0 Å². The van der Waals surface area contributed by atoms with Crippen LogP contribution in [0.4, 0.5) is 26.3 Å². The molecule has 2 rings (SSSR count). The second-order valence-corrected chi connectivity index (χ2v) is 11.4. The molecule has 1 unspecified atom stereocenters. The molecule has 0 aromatic rings. The van der Waals surface area contributed by atoms with Crippen molar-refractivity contribution in [2.24, 2.45) is 22.7 Å². The van der Waals surface area contributed by atoms with Crippen molar-refractivity contribution in [2.45, 2.75) is 115 Å². The van der Waals surface area contributed by atoms with Gasteiger partial charge in [0.25, 0.3) is 5.60 Å². The van der Waals surface area contributed by atoms with Crippen molar-refractivity contribution in [1.29, 1.82) is 0 Å². The summed E-state index contributed by atoms with van der Waals surface area (Å²) in [4.78, 5) is 0. The van der Waals surface area contributed by atoms with Crippen LogP contribution < -0.4 is 0 Å². The third kappa shape index (κ3) is 5.89. The minimum Gasteiger partial charge on any atom is -0.393 e. The quantitative estimate of drug-likeness (QED) is 0.277. The molecule has 0 aromatic carbocycles. The number of fused-ring (bicyclic) bond motifs is 1. The van der Waals surface area contributed by atoms with Gasteiger partial charge in [-0.3, -0.25) is 0 Å². The summed E-state index contributed by atoms with van der Waals surface area (Å²) in [6, 6.07) is 0. The fourth-order valence-electron chi connectivity index (χ4n) is 6.49. The van der Waals surface area contributed by atoms with E-state index in [4.69, 9.17) is 0 Å². The molecular weight excluding hydrogens is 450 g/mol. The number of alkyl halides is 6. The molecule has 0 saturated heterocycles. The van der Waals surface area contributed by atoms with Gasteiger partial charge in [-0.2, -0.15) is 26.3 Å². The van der Waals surface area contributed by atoms with Crippen molar-refractivity contribution in [2.75, 3.05) is 0 Å². The molecule has 0 heterocycles. The topological polar surface area (TPSA) is 60.7 Å². The molecule has 2 fully saturated rings. The van der Waals surface area contributed by atoms with Crippen molar-refractivity contribution < 1.29 is 41.7 Å². The molecule has 3 N–H and O–H groups in total. The third-order valence-corrected chi connectivity index (χ3v) is 8.27. The van der Waals surface area contributed by atoms with E-state index in [-0.39, 0.29) is 29.7 Å². The smallest absolute Gasteiger partial charge is 0.393 e. The Morgan fingerprint density at radius 2 is 1.48 bits per heavy atom. The molecule has 0 radical (unpaired) electrons. The van der Waals surface area contributed by atoms with Crippen LogP contribution in [-0.4, -0.2) is 45.0 Å². The predicted molar refractivity (Wildman–Crippen MR) is 113 cm³/mol. The van der Waals surface area contributed by atoms with Gasteiger partial charge < -0.3 is 15.3 Å². The Balaban J connectivity index is 2.35. The zero-order valence-corrected chi connectivity index (χ0v) is 19.9. The predicted octanol–water partition coefficient (Wildman–Crippen LogP) is 6.31. The Labute approximate surface area is 192 Å². The highest BCUT2D eigenvalue weighted by molar-refractivity contribution is 5.13. The Bertz CT molecular complexity index is 682. The molecule has 0 spiro atoms. The maximum Gasteiger partial charge on any atom is 0.429 e. The van der Waals surface area contributed by atoms with Gasteiger partial charge in [-0.1, -0.05) is 32.8 Å². The van der Waals surface area contributed by atoms with Gasteiger partial charge in [-0.05, 0) is 87.5 Å². The third-order valence-electron chi connectivity index (χ3n) is 8.27. The summed E-state index contributed by atoms with van der Waals surface area (Å²) in [7, 11) is 0. The first-order chi connectivity index (χ1) is 14.8. The Morgan fingerprint density at radius 3 is 2.00 bits per heavy atom. The average molecular weight is 489 g/mol. The van der Waals surface area contributed by atoms with Crippen LogP contribution >= 0.6 is 0 Å². The normalized spacial score (nSPS) is 31.6. The van der Waals surface area contributed by atoms with Crippen LogP contribution in [0.1, 0.15) is 85.5 Å². The number of halogens is 6. The van der Waals surface area contributed by atoms with E-state index in [0.717, 1.165) is 31.8 Å². The van der Waals surface area contributed by atoms with E-state index in [2.05, 4.69) is 6.92 Å². The van der Waals surface area contributed by atoms with E-state index in [9.17, 15) is 41.7 Å². The molecule has 5 atom stereocenters. The van der Waals surface area contributed by atoms with E-state index >= 15 is 0 Å². The summed E-state index contributed by atoms with van der Waals surface area (Å²) in [5.74, 6) is 0.0393. The number of allylic oxidation sites excluding steroid dienone is 1. The van der Waals surface area contributed by atoms with Gasteiger partial charge in [0.2, 0.25) is 0 Å². The number of rotatable bonds is 8. The van der Waals surface area contributed by atoms with E-state index < -0.39 is 35.1 Å². The minimum absolute atomic E-state index is 0.0127. The van der Waals surface area contributed by atoms with Crippen LogP contribution in [0.15, 0.2) is 12.2 Å². The molecule has 9 heteroatoms. The lowest BCUT2D eigenvalue weighted by Crippen LogP contribution is -2.55. The van der Waals surface area contributed by atoms with Gasteiger partial charge in [0, 0.05) is 0 Å². The van der Waals surface area contributed by atoms with Crippen LogP contribution in [-0.2, 0) is 0 Å². The summed E-state index contributed by atoms with van der Waals surface area (Å²) < 4.78 is 78.6. The second kappa shape index (κ2) is 9.34. The van der Waals surface area contributed by atoms with Gasteiger partial charge in [0.15, 0.2) is 0 Å². The van der Waals surface area contributed by atoms with E-state index in [0.29, 0.717) is 25.7 Å². The Morgan fingerprint density at radius 1 is 0.909 bits per heavy atom. The fraction of sp³-hybridized carbons (Fsp3) is 0.917. The van der Waals surface area contributed by atoms with Gasteiger partial charge in [-0.25, -0.2) is 0 Å². The summed E-state index contributed by atoms with van der Waals surface area (Å²) in [5, 5.41) is 30.1. The fourth-order valence-corrected chi connectivity index (χ4v) is 6.49. The summed E-state index contributed by atoms with van der Waals surface area (Å²) in [6.45, 7) is 7.27. The molecule has 33 heavy (non-hydrogen) atoms. The van der Waals surface area contributed by atoms with Gasteiger partial charge >= 0.3 is 12.4 Å². The number of hydrogen-bond donors (Lipinski definition) is 3. The van der Waals surface area contributed by atoms with Gasteiger partial charge in [0.05, 0.1) is 11.7 Å². The lowest BCUT2D eigenvalue weighted by Gasteiger charge is -2.50. The maximum absolute atomic E-state index is 13.1. The molecule has 0 bridgehead atoms. The second-order valence-electron chi connectivity index (χ2n) is 11.4. The summed E-state index contributed by atoms with van der Waals surface area (Å²) in [5.41, 5.74) is -6.76. The van der Waals surface area contributed by atoms with Crippen molar-refractivity contribution in [3.05, 3.63) is 12.2 Å². The molecule has 2 saturated carbocycles. The average Bonchev–Trinajstić information content (AvgIpc) is 2.97. The van der Waals surface area contributed by atoms with Crippen molar-refractivity contribution in [1.82, 2.24) is 0 Å². The monoisotopic (exact) mass is 488 g/mol.